The van der Waals surface area contributed by atoms with Gasteiger partial charge in [-0.3, -0.25) is 4.79 Å². The third-order valence-corrected chi connectivity index (χ3v) is 6.17. The molecule has 4 rings (SSSR count). The van der Waals surface area contributed by atoms with E-state index in [0.29, 0.717) is 23.6 Å². The summed E-state index contributed by atoms with van der Waals surface area (Å²) < 4.78 is 2.32. The Morgan fingerprint density at radius 3 is 2.53 bits per heavy atom. The fourth-order valence-corrected chi connectivity index (χ4v) is 4.49. The van der Waals surface area contributed by atoms with Crippen LogP contribution in [0.3, 0.4) is 0 Å². The minimum Gasteiger partial charge on any atom is -0.349 e. The molecule has 0 atom stereocenters. The van der Waals surface area contributed by atoms with Gasteiger partial charge in [-0.05, 0) is 62.9 Å². The maximum absolute atomic E-state index is 12.4. The molecule has 2 heterocycles. The van der Waals surface area contributed by atoms with E-state index in [0.717, 1.165) is 42.4 Å². The molecule has 2 N–H and O–H groups in total. The summed E-state index contributed by atoms with van der Waals surface area (Å²) in [5, 5.41) is 7.47. The van der Waals surface area contributed by atoms with Crippen molar-refractivity contribution in [3.8, 4) is 0 Å². The number of nitrogens with zero attached hydrogens (tertiary/aromatic N) is 3. The average molecular weight is 406 g/mol. The second kappa shape index (κ2) is 8.86. The van der Waals surface area contributed by atoms with Gasteiger partial charge < -0.3 is 15.2 Å². The molecule has 0 aliphatic heterocycles. The maximum atomic E-state index is 12.4. The van der Waals surface area contributed by atoms with Crippen LogP contribution in [0.5, 0.6) is 0 Å². The number of fused-ring (bicyclic) bond motifs is 1. The first kappa shape index (κ1) is 20.4. The summed E-state index contributed by atoms with van der Waals surface area (Å²) in [5.41, 5.74) is 3.72. The lowest BCUT2D eigenvalue weighted by atomic mass is 10.1. The van der Waals surface area contributed by atoms with E-state index in [4.69, 9.17) is 4.98 Å². The molecule has 0 radical (unpaired) electrons. The van der Waals surface area contributed by atoms with E-state index in [2.05, 4.69) is 47.0 Å². The largest absolute Gasteiger partial charge is 0.349 e. The second-order valence-corrected chi connectivity index (χ2v) is 8.26. The van der Waals surface area contributed by atoms with Crippen molar-refractivity contribution in [2.45, 2.75) is 71.4 Å². The fourth-order valence-electron chi connectivity index (χ4n) is 4.49. The van der Waals surface area contributed by atoms with Gasteiger partial charge in [0.25, 0.3) is 5.91 Å². The standard InChI is InChI=1S/C24H31N5O/c1-4-21(5-2)29-16(3)14-18-15-25-24(28-22(18)29)27-20-12-10-17(11-13-20)23(30)26-19-8-6-7-9-19/h10-15,19,21H,4-9H2,1-3H3,(H,26,30)(H,25,27,28). The molecule has 1 aromatic carbocycles. The predicted molar refractivity (Wildman–Crippen MR) is 121 cm³/mol. The van der Waals surface area contributed by atoms with E-state index in [1.54, 1.807) is 0 Å². The van der Waals surface area contributed by atoms with E-state index >= 15 is 0 Å². The highest BCUT2D eigenvalue weighted by Gasteiger charge is 2.18. The number of carbonyl (C=O) groups is 1. The van der Waals surface area contributed by atoms with Crippen molar-refractivity contribution >= 4 is 28.6 Å². The summed E-state index contributed by atoms with van der Waals surface area (Å²) in [6.45, 7) is 6.55. The van der Waals surface area contributed by atoms with Crippen LogP contribution < -0.4 is 10.6 Å². The van der Waals surface area contributed by atoms with Crippen LogP contribution in [-0.4, -0.2) is 26.5 Å². The first-order chi connectivity index (χ1) is 14.6. The zero-order chi connectivity index (χ0) is 21.1. The fraction of sp³-hybridized carbons (Fsp3) is 0.458. The Morgan fingerprint density at radius 2 is 1.87 bits per heavy atom. The third-order valence-electron chi connectivity index (χ3n) is 6.17. The van der Waals surface area contributed by atoms with Crippen LogP contribution in [0.15, 0.2) is 36.5 Å². The van der Waals surface area contributed by atoms with Gasteiger partial charge in [-0.25, -0.2) is 4.98 Å². The van der Waals surface area contributed by atoms with Crippen molar-refractivity contribution in [2.24, 2.45) is 0 Å². The van der Waals surface area contributed by atoms with Crippen LogP contribution in [0.2, 0.25) is 0 Å². The van der Waals surface area contributed by atoms with E-state index in [1.807, 2.05) is 30.5 Å². The number of carbonyl (C=O) groups excluding carboxylic acids is 1. The smallest absolute Gasteiger partial charge is 0.251 e. The Balaban J connectivity index is 1.51. The molecule has 158 valence electrons. The first-order valence-corrected chi connectivity index (χ1v) is 11.1. The molecule has 2 aromatic heterocycles. The highest BCUT2D eigenvalue weighted by molar-refractivity contribution is 5.94. The Hall–Kier alpha value is -2.89. The number of hydrogen-bond donors (Lipinski definition) is 2. The van der Waals surface area contributed by atoms with Gasteiger partial charge in [-0.1, -0.05) is 26.7 Å². The third kappa shape index (κ3) is 4.18. The van der Waals surface area contributed by atoms with Gasteiger partial charge in [0.2, 0.25) is 5.95 Å². The Morgan fingerprint density at radius 1 is 1.17 bits per heavy atom. The second-order valence-electron chi connectivity index (χ2n) is 8.26. The Bertz CT molecular complexity index is 1010. The van der Waals surface area contributed by atoms with Crippen LogP contribution in [0.25, 0.3) is 11.0 Å². The summed E-state index contributed by atoms with van der Waals surface area (Å²) in [6.07, 6.45) is 8.60. The number of rotatable bonds is 7. The van der Waals surface area contributed by atoms with Gasteiger partial charge in [0.05, 0.1) is 0 Å². The molecule has 0 unspecified atom stereocenters. The van der Waals surface area contributed by atoms with Gasteiger partial charge >= 0.3 is 0 Å². The topological polar surface area (TPSA) is 71.8 Å². The molecule has 0 saturated heterocycles. The Labute approximate surface area is 178 Å². The van der Waals surface area contributed by atoms with Crippen molar-refractivity contribution in [2.75, 3.05) is 5.32 Å². The molecule has 1 fully saturated rings. The van der Waals surface area contributed by atoms with Crippen LogP contribution in [0, 0.1) is 6.92 Å². The van der Waals surface area contributed by atoms with Gasteiger partial charge in [0.15, 0.2) is 0 Å². The summed E-state index contributed by atoms with van der Waals surface area (Å²) in [5.74, 6) is 0.570. The Kier molecular flexibility index (Phi) is 6.02. The molecule has 1 aliphatic rings. The molecule has 30 heavy (non-hydrogen) atoms. The minimum absolute atomic E-state index is 0.00425. The summed E-state index contributed by atoms with van der Waals surface area (Å²) in [7, 11) is 0. The number of nitrogens with one attached hydrogen (secondary N) is 2. The SMILES string of the molecule is CCC(CC)n1c(C)cc2cnc(Nc3ccc(C(=O)NC4CCCC4)cc3)nc21. The highest BCUT2D eigenvalue weighted by Crippen LogP contribution is 2.27. The van der Waals surface area contributed by atoms with E-state index in [9.17, 15) is 4.79 Å². The zero-order valence-corrected chi connectivity index (χ0v) is 18.1. The number of hydrogen-bond acceptors (Lipinski definition) is 4. The summed E-state index contributed by atoms with van der Waals surface area (Å²) in [6, 6.07) is 10.4. The van der Waals surface area contributed by atoms with Crippen LogP contribution in [-0.2, 0) is 0 Å². The lowest BCUT2D eigenvalue weighted by molar-refractivity contribution is 0.0938. The quantitative estimate of drug-likeness (QED) is 0.543. The molecule has 1 amide bonds. The summed E-state index contributed by atoms with van der Waals surface area (Å²) in [4.78, 5) is 21.7. The van der Waals surface area contributed by atoms with Crippen molar-refractivity contribution in [3.63, 3.8) is 0 Å². The number of aromatic nitrogens is 3. The van der Waals surface area contributed by atoms with E-state index < -0.39 is 0 Å². The van der Waals surface area contributed by atoms with Crippen molar-refractivity contribution in [1.29, 1.82) is 0 Å². The van der Waals surface area contributed by atoms with Crippen molar-refractivity contribution in [3.05, 3.63) is 47.8 Å². The molecule has 0 spiro atoms. The normalized spacial score (nSPS) is 14.5. The minimum atomic E-state index is 0.00425. The molecular formula is C24H31N5O. The van der Waals surface area contributed by atoms with Crippen LogP contribution >= 0.6 is 0 Å². The van der Waals surface area contributed by atoms with Gasteiger partial charge in [-0.15, -0.1) is 0 Å². The monoisotopic (exact) mass is 405 g/mol. The molecule has 0 bridgehead atoms. The molecule has 1 aliphatic carbocycles. The van der Waals surface area contributed by atoms with E-state index in [1.165, 1.54) is 18.5 Å². The number of aryl methyl sites for hydroxylation is 1. The van der Waals surface area contributed by atoms with Crippen molar-refractivity contribution in [1.82, 2.24) is 19.9 Å². The average Bonchev–Trinajstić information content (AvgIpc) is 3.37. The molecule has 6 nitrogen and oxygen atoms in total. The number of benzene rings is 1. The van der Waals surface area contributed by atoms with E-state index in [-0.39, 0.29) is 5.91 Å². The van der Waals surface area contributed by atoms with Crippen LogP contribution in [0.4, 0.5) is 11.6 Å². The van der Waals surface area contributed by atoms with Crippen molar-refractivity contribution < 1.29 is 4.79 Å². The predicted octanol–water partition coefficient (Wildman–Crippen LogP) is 5.52. The molecule has 6 heteroatoms. The number of amides is 1. The zero-order valence-electron chi connectivity index (χ0n) is 18.1. The number of anilines is 2. The summed E-state index contributed by atoms with van der Waals surface area (Å²) >= 11 is 0. The molecule has 1 saturated carbocycles. The highest BCUT2D eigenvalue weighted by atomic mass is 16.1. The van der Waals surface area contributed by atoms with Gasteiger partial charge in [0, 0.05) is 40.6 Å². The maximum Gasteiger partial charge on any atom is 0.251 e. The van der Waals surface area contributed by atoms with Gasteiger partial charge in [0.1, 0.15) is 5.65 Å². The lowest BCUT2D eigenvalue weighted by Crippen LogP contribution is -2.32. The lowest BCUT2D eigenvalue weighted by Gasteiger charge is -2.18. The first-order valence-electron chi connectivity index (χ1n) is 11.1. The van der Waals surface area contributed by atoms with Gasteiger partial charge in [-0.2, -0.15) is 4.98 Å². The van der Waals surface area contributed by atoms with Crippen LogP contribution in [0.1, 0.15) is 74.5 Å². The molecular weight excluding hydrogens is 374 g/mol. The molecule has 3 aromatic rings.